The van der Waals surface area contributed by atoms with E-state index in [1.807, 2.05) is 25.1 Å². The molecule has 0 amide bonds. The molecule has 0 fully saturated rings. The molecule has 0 aliphatic carbocycles. The van der Waals surface area contributed by atoms with Crippen LogP contribution < -0.4 is 14.8 Å². The molecule has 1 unspecified atom stereocenters. The second-order valence-electron chi connectivity index (χ2n) is 3.93. The molecule has 1 aliphatic heterocycles. The number of nitrogens with one attached hydrogen (secondary N) is 1. The topological polar surface area (TPSA) is 56.8 Å². The number of fused-ring (bicyclic) bond motifs is 1. The van der Waals surface area contributed by atoms with Crippen LogP contribution in [-0.4, -0.2) is 25.4 Å². The molecule has 1 aromatic rings. The molecule has 5 nitrogen and oxygen atoms in total. The zero-order valence-corrected chi connectivity index (χ0v) is 10.6. The lowest BCUT2D eigenvalue weighted by Gasteiger charge is -2.16. The first kappa shape index (κ1) is 12.5. The molecule has 1 aliphatic rings. The smallest absolute Gasteiger partial charge is 0.328 e. The molecular formula is C13H17NO4. The van der Waals surface area contributed by atoms with Gasteiger partial charge in [-0.2, -0.15) is 0 Å². The lowest BCUT2D eigenvalue weighted by Crippen LogP contribution is -2.30. The molecule has 1 atom stereocenters. The second kappa shape index (κ2) is 5.62. The number of carbonyl (C=O) groups excluding carboxylic acids is 1. The van der Waals surface area contributed by atoms with Gasteiger partial charge in [-0.25, -0.2) is 4.79 Å². The zero-order chi connectivity index (χ0) is 13.0. The highest BCUT2D eigenvalue weighted by atomic mass is 16.7. The van der Waals surface area contributed by atoms with Crippen molar-refractivity contribution < 1.29 is 19.0 Å². The van der Waals surface area contributed by atoms with Crippen molar-refractivity contribution in [3.05, 3.63) is 18.2 Å². The summed E-state index contributed by atoms with van der Waals surface area (Å²) in [6.07, 6.45) is 0.660. The third-order valence-corrected chi connectivity index (χ3v) is 2.69. The molecule has 0 spiro atoms. The van der Waals surface area contributed by atoms with Gasteiger partial charge in [0, 0.05) is 11.8 Å². The fourth-order valence-corrected chi connectivity index (χ4v) is 1.76. The summed E-state index contributed by atoms with van der Waals surface area (Å²) in [5, 5.41) is 3.13. The van der Waals surface area contributed by atoms with E-state index in [1.165, 1.54) is 0 Å². The summed E-state index contributed by atoms with van der Waals surface area (Å²) >= 11 is 0. The fraction of sp³-hybridized carbons (Fsp3) is 0.462. The van der Waals surface area contributed by atoms with Crippen molar-refractivity contribution in [3.63, 3.8) is 0 Å². The molecule has 98 valence electrons. The van der Waals surface area contributed by atoms with Crippen molar-refractivity contribution in [1.29, 1.82) is 0 Å². The van der Waals surface area contributed by atoms with Gasteiger partial charge in [0.15, 0.2) is 11.5 Å². The maximum Gasteiger partial charge on any atom is 0.328 e. The van der Waals surface area contributed by atoms with E-state index in [0.717, 1.165) is 11.4 Å². The molecule has 5 heteroatoms. The molecule has 0 radical (unpaired) electrons. The van der Waals surface area contributed by atoms with Gasteiger partial charge in [0.1, 0.15) is 6.04 Å². The molecule has 18 heavy (non-hydrogen) atoms. The Morgan fingerprint density at radius 1 is 1.39 bits per heavy atom. The minimum absolute atomic E-state index is 0.238. The zero-order valence-electron chi connectivity index (χ0n) is 10.6. The number of anilines is 1. The Hall–Kier alpha value is -1.91. The van der Waals surface area contributed by atoms with Crippen LogP contribution in [0, 0.1) is 0 Å². The highest BCUT2D eigenvalue weighted by Gasteiger charge is 2.19. The number of rotatable bonds is 5. The van der Waals surface area contributed by atoms with Crippen LogP contribution in [0.2, 0.25) is 0 Å². The summed E-state index contributed by atoms with van der Waals surface area (Å²) in [4.78, 5) is 11.7. The van der Waals surface area contributed by atoms with Crippen molar-refractivity contribution in [2.75, 3.05) is 18.7 Å². The monoisotopic (exact) mass is 251 g/mol. The molecular weight excluding hydrogens is 234 g/mol. The predicted molar refractivity (Wildman–Crippen MR) is 66.9 cm³/mol. The maximum atomic E-state index is 11.7. The Balaban J connectivity index is 2.05. The summed E-state index contributed by atoms with van der Waals surface area (Å²) in [6, 6.07) is 5.16. The third-order valence-electron chi connectivity index (χ3n) is 2.69. The van der Waals surface area contributed by atoms with Crippen LogP contribution >= 0.6 is 0 Å². The van der Waals surface area contributed by atoms with Crippen LogP contribution in [0.25, 0.3) is 0 Å². The Morgan fingerprint density at radius 2 is 2.17 bits per heavy atom. The van der Waals surface area contributed by atoms with Crippen LogP contribution in [0.3, 0.4) is 0 Å². The number of esters is 1. The van der Waals surface area contributed by atoms with Crippen molar-refractivity contribution in [3.8, 4) is 11.5 Å². The van der Waals surface area contributed by atoms with Gasteiger partial charge < -0.3 is 19.5 Å². The summed E-state index contributed by atoms with van der Waals surface area (Å²) < 4.78 is 15.5. The Kier molecular flexibility index (Phi) is 3.92. The quantitative estimate of drug-likeness (QED) is 0.813. The normalized spacial score (nSPS) is 14.1. The minimum Gasteiger partial charge on any atom is -0.464 e. The van der Waals surface area contributed by atoms with E-state index in [0.29, 0.717) is 18.8 Å². The molecule has 1 N–H and O–H groups in total. The molecule has 0 aromatic heterocycles. The van der Waals surface area contributed by atoms with Crippen LogP contribution in [0.1, 0.15) is 20.3 Å². The SMILES string of the molecule is CCOC(=O)C(CC)Nc1ccc2c(c1)OCO2. The lowest BCUT2D eigenvalue weighted by molar-refractivity contribution is -0.144. The van der Waals surface area contributed by atoms with Crippen LogP contribution in [-0.2, 0) is 9.53 Å². The highest BCUT2D eigenvalue weighted by molar-refractivity contribution is 5.79. The third kappa shape index (κ3) is 2.67. The van der Waals surface area contributed by atoms with Gasteiger partial charge in [-0.3, -0.25) is 0 Å². The minimum atomic E-state index is -0.342. The lowest BCUT2D eigenvalue weighted by atomic mass is 10.2. The van der Waals surface area contributed by atoms with E-state index in [2.05, 4.69) is 5.32 Å². The Bertz CT molecular complexity index is 433. The first-order chi connectivity index (χ1) is 8.74. The second-order valence-corrected chi connectivity index (χ2v) is 3.93. The molecule has 0 saturated carbocycles. The summed E-state index contributed by atoms with van der Waals surface area (Å²) in [6.45, 7) is 4.36. The number of carbonyl (C=O) groups is 1. The van der Waals surface area contributed by atoms with E-state index in [9.17, 15) is 4.79 Å². The van der Waals surface area contributed by atoms with E-state index >= 15 is 0 Å². The summed E-state index contributed by atoms with van der Waals surface area (Å²) in [5.74, 6) is 1.18. The van der Waals surface area contributed by atoms with Gasteiger partial charge in [0.05, 0.1) is 6.61 Å². The van der Waals surface area contributed by atoms with Gasteiger partial charge >= 0.3 is 5.97 Å². The van der Waals surface area contributed by atoms with Crippen molar-refractivity contribution in [2.45, 2.75) is 26.3 Å². The Morgan fingerprint density at radius 3 is 2.89 bits per heavy atom. The number of hydrogen-bond acceptors (Lipinski definition) is 5. The molecule has 0 bridgehead atoms. The predicted octanol–water partition coefficient (Wildman–Crippen LogP) is 2.17. The van der Waals surface area contributed by atoms with Crippen LogP contribution in [0.5, 0.6) is 11.5 Å². The van der Waals surface area contributed by atoms with Gasteiger partial charge in [-0.1, -0.05) is 6.92 Å². The number of benzene rings is 1. The van der Waals surface area contributed by atoms with E-state index in [-0.39, 0.29) is 18.8 Å². The Labute approximate surface area is 106 Å². The average Bonchev–Trinajstić information content (AvgIpc) is 2.83. The fourth-order valence-electron chi connectivity index (χ4n) is 1.76. The van der Waals surface area contributed by atoms with E-state index in [1.54, 1.807) is 6.92 Å². The number of hydrogen-bond donors (Lipinski definition) is 1. The largest absolute Gasteiger partial charge is 0.464 e. The van der Waals surface area contributed by atoms with Gasteiger partial charge in [-0.05, 0) is 25.5 Å². The van der Waals surface area contributed by atoms with Gasteiger partial charge in [0.25, 0.3) is 0 Å². The van der Waals surface area contributed by atoms with Crippen molar-refractivity contribution in [2.24, 2.45) is 0 Å². The first-order valence-corrected chi connectivity index (χ1v) is 6.07. The molecule has 2 rings (SSSR count). The number of ether oxygens (including phenoxy) is 3. The molecule has 1 heterocycles. The van der Waals surface area contributed by atoms with Gasteiger partial charge in [0.2, 0.25) is 6.79 Å². The molecule has 0 saturated heterocycles. The average molecular weight is 251 g/mol. The van der Waals surface area contributed by atoms with Gasteiger partial charge in [-0.15, -0.1) is 0 Å². The van der Waals surface area contributed by atoms with Crippen molar-refractivity contribution in [1.82, 2.24) is 0 Å². The van der Waals surface area contributed by atoms with Crippen LogP contribution in [0.15, 0.2) is 18.2 Å². The van der Waals surface area contributed by atoms with E-state index < -0.39 is 0 Å². The maximum absolute atomic E-state index is 11.7. The summed E-state index contributed by atoms with van der Waals surface area (Å²) in [7, 11) is 0. The van der Waals surface area contributed by atoms with E-state index in [4.69, 9.17) is 14.2 Å². The highest BCUT2D eigenvalue weighted by Crippen LogP contribution is 2.34. The molecule has 1 aromatic carbocycles. The van der Waals surface area contributed by atoms with Crippen LogP contribution in [0.4, 0.5) is 5.69 Å². The standard InChI is InChI=1S/C13H17NO4/c1-3-10(13(15)16-4-2)14-9-5-6-11-12(7-9)18-8-17-11/h5-7,10,14H,3-4,8H2,1-2H3. The summed E-state index contributed by atoms with van der Waals surface area (Å²) in [5.41, 5.74) is 0.819. The first-order valence-electron chi connectivity index (χ1n) is 6.07. The van der Waals surface area contributed by atoms with Crippen molar-refractivity contribution >= 4 is 11.7 Å².